The fourth-order valence-corrected chi connectivity index (χ4v) is 0.839. The van der Waals surface area contributed by atoms with Gasteiger partial charge in [-0.3, -0.25) is 9.47 Å². The molecule has 2 fully saturated rings. The summed E-state index contributed by atoms with van der Waals surface area (Å²) in [6.45, 7) is 2.07. The predicted molar refractivity (Wildman–Crippen MR) is 26.3 cm³/mol. The highest BCUT2D eigenvalue weighted by atomic mass is 17.2. The molecule has 2 aliphatic heterocycles. The Bertz CT molecular complexity index is 138. The minimum absolute atomic E-state index is 0.00451. The Morgan fingerprint density at radius 1 is 1.56 bits per heavy atom. The van der Waals surface area contributed by atoms with Crippen molar-refractivity contribution < 1.29 is 19.3 Å². The van der Waals surface area contributed by atoms with Gasteiger partial charge in [0.15, 0.2) is 0 Å². The first-order chi connectivity index (χ1) is 4.22. The lowest BCUT2D eigenvalue weighted by molar-refractivity contribution is -0.212. The van der Waals surface area contributed by atoms with Gasteiger partial charge in [-0.25, -0.2) is 0 Å². The highest BCUT2D eigenvalue weighted by molar-refractivity contribution is 5.08. The van der Waals surface area contributed by atoms with Crippen LogP contribution in [0.3, 0.4) is 0 Å². The molecular weight excluding hydrogens is 124 g/mol. The molecule has 2 aliphatic rings. The van der Waals surface area contributed by atoms with Crippen molar-refractivity contribution in [2.24, 2.45) is 0 Å². The van der Waals surface area contributed by atoms with Gasteiger partial charge in [0.1, 0.15) is 0 Å². The van der Waals surface area contributed by atoms with Crippen LogP contribution < -0.4 is 0 Å². The fourth-order valence-electron chi connectivity index (χ4n) is 0.839. The summed E-state index contributed by atoms with van der Waals surface area (Å²) in [7, 11) is 0. The highest BCUT2D eigenvalue weighted by Crippen LogP contribution is 2.67. The Morgan fingerprint density at radius 2 is 2.11 bits per heavy atom. The Labute approximate surface area is 52.3 Å². The number of hydrogen-bond acceptors (Lipinski definition) is 4. The molecule has 52 valence electrons. The SMILES string of the molecule is CC12OC1(OCCO)O2. The number of epoxide rings is 2. The lowest BCUT2D eigenvalue weighted by atomic mass is 10.5. The van der Waals surface area contributed by atoms with E-state index in [1.807, 2.05) is 0 Å². The molecule has 0 aliphatic carbocycles. The van der Waals surface area contributed by atoms with Crippen LogP contribution in [0.5, 0.6) is 0 Å². The molecule has 0 amide bonds. The topological polar surface area (TPSA) is 54.5 Å². The van der Waals surface area contributed by atoms with E-state index in [0.29, 0.717) is 0 Å². The second kappa shape index (κ2) is 1.29. The normalized spacial score (nSPS) is 52.7. The number of aliphatic hydroxyl groups is 1. The van der Waals surface area contributed by atoms with Gasteiger partial charge in [-0.1, -0.05) is 0 Å². The number of rotatable bonds is 3. The van der Waals surface area contributed by atoms with Crippen LogP contribution in [0.2, 0.25) is 0 Å². The van der Waals surface area contributed by atoms with Crippen LogP contribution in [0.1, 0.15) is 6.92 Å². The molecule has 0 aromatic heterocycles. The maximum atomic E-state index is 8.32. The minimum atomic E-state index is -0.754. The summed E-state index contributed by atoms with van der Waals surface area (Å²) in [5, 5.41) is 8.32. The lowest BCUT2D eigenvalue weighted by Crippen LogP contribution is -2.08. The highest BCUT2D eigenvalue weighted by Gasteiger charge is 2.91. The molecule has 0 atom stereocenters. The van der Waals surface area contributed by atoms with Gasteiger partial charge in [-0.15, -0.1) is 0 Å². The smallest absolute Gasteiger partial charge is 0.346 e. The molecule has 0 unspecified atom stereocenters. The molecule has 1 N–H and O–H groups in total. The summed E-state index contributed by atoms with van der Waals surface area (Å²) < 4.78 is 14.8. The van der Waals surface area contributed by atoms with Gasteiger partial charge < -0.3 is 9.84 Å². The maximum Gasteiger partial charge on any atom is 0.346 e. The summed E-state index contributed by atoms with van der Waals surface area (Å²) in [5.74, 6) is -1.22. The van der Waals surface area contributed by atoms with Gasteiger partial charge >= 0.3 is 5.97 Å². The Morgan fingerprint density at radius 3 is 2.44 bits per heavy atom. The molecule has 2 rings (SSSR count). The van der Waals surface area contributed by atoms with Crippen LogP contribution in [-0.4, -0.2) is 30.1 Å². The fraction of sp³-hybridized carbons (Fsp3) is 1.00. The van der Waals surface area contributed by atoms with Gasteiger partial charge in [-0.2, -0.15) is 0 Å². The maximum absolute atomic E-state index is 8.32. The van der Waals surface area contributed by atoms with Crippen molar-refractivity contribution in [1.82, 2.24) is 0 Å². The molecule has 0 spiro atoms. The second-order valence-corrected chi connectivity index (χ2v) is 2.28. The van der Waals surface area contributed by atoms with Crippen molar-refractivity contribution in [3.05, 3.63) is 0 Å². The molecule has 9 heavy (non-hydrogen) atoms. The molecule has 0 aromatic carbocycles. The quantitative estimate of drug-likeness (QED) is 0.522. The van der Waals surface area contributed by atoms with Crippen molar-refractivity contribution in [3.8, 4) is 0 Å². The Hall–Kier alpha value is -0.160. The number of aliphatic hydroxyl groups excluding tert-OH is 1. The third-order valence-electron chi connectivity index (χ3n) is 1.51. The van der Waals surface area contributed by atoms with E-state index in [4.69, 9.17) is 19.3 Å². The van der Waals surface area contributed by atoms with Crippen molar-refractivity contribution in [2.75, 3.05) is 13.2 Å². The molecule has 2 saturated heterocycles. The standard InChI is InChI=1S/C5H8O4/c1-4-5(8-4,9-4)7-3-2-6/h6H,2-3H2,1H3. The third kappa shape index (κ3) is 0.561. The van der Waals surface area contributed by atoms with Gasteiger partial charge in [0.2, 0.25) is 0 Å². The average Bonchev–Trinajstić information content (AvgIpc) is 2.48. The summed E-state index contributed by atoms with van der Waals surface area (Å²) >= 11 is 0. The third-order valence-corrected chi connectivity index (χ3v) is 1.51. The molecule has 2 heterocycles. The van der Waals surface area contributed by atoms with E-state index in [9.17, 15) is 0 Å². The van der Waals surface area contributed by atoms with Crippen LogP contribution >= 0.6 is 0 Å². The molecular formula is C5H8O4. The first-order valence-corrected chi connectivity index (χ1v) is 2.88. The first kappa shape index (κ1) is 5.61. The van der Waals surface area contributed by atoms with E-state index in [2.05, 4.69) is 0 Å². The summed E-state index contributed by atoms with van der Waals surface area (Å²) in [6.07, 6.45) is 0. The Balaban J connectivity index is 1.78. The Kier molecular flexibility index (Phi) is 0.806. The van der Waals surface area contributed by atoms with Gasteiger partial charge in [0.25, 0.3) is 5.79 Å². The van der Waals surface area contributed by atoms with Crippen molar-refractivity contribution >= 4 is 0 Å². The van der Waals surface area contributed by atoms with Crippen molar-refractivity contribution in [2.45, 2.75) is 18.7 Å². The zero-order valence-electron chi connectivity index (χ0n) is 5.09. The summed E-state index contributed by atoms with van der Waals surface area (Å²) in [4.78, 5) is 0. The van der Waals surface area contributed by atoms with Crippen LogP contribution in [0, 0.1) is 0 Å². The number of fused-ring (bicyclic) bond motifs is 1. The number of hydrogen-bond donors (Lipinski definition) is 1. The van der Waals surface area contributed by atoms with E-state index in [-0.39, 0.29) is 13.2 Å². The monoisotopic (exact) mass is 132 g/mol. The van der Waals surface area contributed by atoms with Crippen LogP contribution in [0.15, 0.2) is 0 Å². The number of ether oxygens (including phenoxy) is 3. The minimum Gasteiger partial charge on any atom is -0.394 e. The largest absolute Gasteiger partial charge is 0.394 e. The van der Waals surface area contributed by atoms with Crippen LogP contribution in [0.25, 0.3) is 0 Å². The van der Waals surface area contributed by atoms with E-state index < -0.39 is 11.8 Å². The van der Waals surface area contributed by atoms with E-state index in [0.717, 1.165) is 0 Å². The van der Waals surface area contributed by atoms with Crippen LogP contribution in [-0.2, 0) is 14.2 Å². The van der Waals surface area contributed by atoms with Crippen molar-refractivity contribution in [3.63, 3.8) is 0 Å². The van der Waals surface area contributed by atoms with E-state index in [1.165, 1.54) is 0 Å². The zero-order chi connectivity index (χ0) is 6.54. The first-order valence-electron chi connectivity index (χ1n) is 2.88. The van der Waals surface area contributed by atoms with Gasteiger partial charge in [0.05, 0.1) is 13.2 Å². The molecule has 4 heteroatoms. The predicted octanol–water partition coefficient (Wildman–Crippen LogP) is -0.574. The lowest BCUT2D eigenvalue weighted by Gasteiger charge is -1.98. The molecule has 0 radical (unpaired) electrons. The molecule has 0 aromatic rings. The average molecular weight is 132 g/mol. The van der Waals surface area contributed by atoms with Crippen LogP contribution in [0.4, 0.5) is 0 Å². The van der Waals surface area contributed by atoms with E-state index in [1.54, 1.807) is 6.92 Å². The van der Waals surface area contributed by atoms with Crippen molar-refractivity contribution in [1.29, 1.82) is 0 Å². The summed E-state index contributed by atoms with van der Waals surface area (Å²) in [6, 6.07) is 0. The molecule has 0 bridgehead atoms. The molecule has 4 nitrogen and oxygen atoms in total. The summed E-state index contributed by atoms with van der Waals surface area (Å²) in [5.41, 5.74) is 0. The molecule has 0 saturated carbocycles. The zero-order valence-corrected chi connectivity index (χ0v) is 5.09. The van der Waals surface area contributed by atoms with Gasteiger partial charge in [-0.05, 0) is 6.92 Å². The van der Waals surface area contributed by atoms with E-state index >= 15 is 0 Å². The van der Waals surface area contributed by atoms with Gasteiger partial charge in [0, 0.05) is 0 Å². The second-order valence-electron chi connectivity index (χ2n) is 2.28.